The number of amides is 2. The fourth-order valence-corrected chi connectivity index (χ4v) is 6.35. The van der Waals surface area contributed by atoms with Crippen LogP contribution in [0.1, 0.15) is 50.8 Å². The van der Waals surface area contributed by atoms with Crippen molar-refractivity contribution in [1.29, 1.82) is 0 Å². The van der Waals surface area contributed by atoms with Crippen LogP contribution in [0.25, 0.3) is 0 Å². The summed E-state index contributed by atoms with van der Waals surface area (Å²) in [5, 5.41) is 3.26. The highest BCUT2D eigenvalue weighted by molar-refractivity contribution is 7.92. The molecule has 0 aromatic heterocycles. The molecule has 0 bridgehead atoms. The van der Waals surface area contributed by atoms with E-state index in [0.29, 0.717) is 15.9 Å². The maximum absolute atomic E-state index is 14.2. The van der Waals surface area contributed by atoms with E-state index >= 15 is 0 Å². The second kappa shape index (κ2) is 13.8. The first-order valence-corrected chi connectivity index (χ1v) is 15.9. The lowest BCUT2D eigenvalue weighted by Gasteiger charge is -2.35. The Kier molecular flexibility index (Phi) is 11.0. The summed E-state index contributed by atoms with van der Waals surface area (Å²) in [6.45, 7) is 7.52. The predicted molar refractivity (Wildman–Crippen MR) is 166 cm³/mol. The highest BCUT2D eigenvalue weighted by Gasteiger charge is 2.37. The van der Waals surface area contributed by atoms with Crippen LogP contribution in [-0.2, 0) is 32.3 Å². The fourth-order valence-electron chi connectivity index (χ4n) is 4.43. The molecule has 1 atom stereocenters. The van der Waals surface area contributed by atoms with Crippen LogP contribution in [0.2, 0.25) is 10.0 Å². The topological polar surface area (TPSA) is 86.8 Å². The lowest BCUT2D eigenvalue weighted by atomic mass is 10.1. The quantitative estimate of drug-likeness (QED) is 0.246. The Morgan fingerprint density at radius 1 is 0.932 bits per heavy atom. The zero-order valence-corrected chi connectivity index (χ0v) is 27.2. The van der Waals surface area contributed by atoms with Gasteiger partial charge in [0, 0.05) is 27.7 Å². The van der Waals surface area contributed by atoms with Crippen molar-refractivity contribution in [2.24, 2.45) is 0 Å². The average Bonchev–Trinajstić information content (AvgIpc) is 2.91. The maximum atomic E-state index is 14.2. The smallest absolute Gasteiger partial charge is 0.350 e. The number of hydrogen-bond donors (Lipinski definition) is 1. The van der Waals surface area contributed by atoms with Crippen molar-refractivity contribution in [3.8, 4) is 0 Å². The molecule has 0 saturated heterocycles. The van der Waals surface area contributed by atoms with Gasteiger partial charge in [0.15, 0.2) is 0 Å². The molecule has 0 fully saturated rings. The Hall–Kier alpha value is -3.28. The van der Waals surface area contributed by atoms with Crippen LogP contribution in [0.4, 0.5) is 18.9 Å². The molecule has 0 heterocycles. The number of carbonyl (C=O) groups excluding carboxylic acids is 2. The molecule has 0 aliphatic rings. The zero-order chi connectivity index (χ0) is 33.0. The molecule has 0 spiro atoms. The van der Waals surface area contributed by atoms with Crippen molar-refractivity contribution in [1.82, 2.24) is 10.2 Å². The summed E-state index contributed by atoms with van der Waals surface area (Å²) in [4.78, 5) is 28.5. The number of anilines is 1. The summed E-state index contributed by atoms with van der Waals surface area (Å²) in [6.07, 6.45) is -4.64. The first-order valence-electron chi connectivity index (χ1n) is 13.7. The van der Waals surface area contributed by atoms with Gasteiger partial charge in [-0.25, -0.2) is 8.42 Å². The van der Waals surface area contributed by atoms with Gasteiger partial charge >= 0.3 is 6.18 Å². The monoisotopic (exact) mass is 671 g/mol. The first-order chi connectivity index (χ1) is 20.3. The number of alkyl halides is 3. The van der Waals surface area contributed by atoms with Gasteiger partial charge in [0.05, 0.1) is 16.1 Å². The van der Waals surface area contributed by atoms with E-state index in [1.807, 2.05) is 0 Å². The summed E-state index contributed by atoms with van der Waals surface area (Å²) in [5.74, 6) is -1.37. The van der Waals surface area contributed by atoms with Crippen molar-refractivity contribution >= 4 is 50.7 Å². The summed E-state index contributed by atoms with van der Waals surface area (Å²) in [5.41, 5.74) is -1.07. The van der Waals surface area contributed by atoms with E-state index in [9.17, 15) is 31.2 Å². The van der Waals surface area contributed by atoms with E-state index in [1.165, 1.54) is 30.3 Å². The van der Waals surface area contributed by atoms with Gasteiger partial charge in [0.1, 0.15) is 12.6 Å². The van der Waals surface area contributed by atoms with Gasteiger partial charge in [-0.2, -0.15) is 13.2 Å². The number of sulfonamides is 1. The zero-order valence-electron chi connectivity index (χ0n) is 24.9. The molecule has 3 aromatic rings. The number of aryl methyl sites for hydroxylation is 1. The Morgan fingerprint density at radius 3 is 2.02 bits per heavy atom. The van der Waals surface area contributed by atoms with Crippen molar-refractivity contribution in [3.63, 3.8) is 0 Å². The second-order valence-electron chi connectivity index (χ2n) is 11.3. The minimum absolute atomic E-state index is 0.129. The lowest BCUT2D eigenvalue weighted by molar-refractivity contribution is -0.141. The van der Waals surface area contributed by atoms with Crippen molar-refractivity contribution in [2.75, 3.05) is 10.8 Å². The SMILES string of the molecule is CC[C@H](C(=O)NC(C)(C)C)N(Cc1c(Cl)cccc1Cl)C(=O)CN(c1cccc(C(F)(F)F)c1)S(=O)(=O)c1ccc(C)cc1. The predicted octanol–water partition coefficient (Wildman–Crippen LogP) is 7.24. The minimum Gasteiger partial charge on any atom is -0.350 e. The molecule has 0 saturated carbocycles. The number of nitrogens with one attached hydrogen (secondary N) is 1. The lowest BCUT2D eigenvalue weighted by Crippen LogP contribution is -2.55. The van der Waals surface area contributed by atoms with Crippen molar-refractivity contribution in [3.05, 3.63) is 93.5 Å². The highest BCUT2D eigenvalue weighted by atomic mass is 35.5. The van der Waals surface area contributed by atoms with Gasteiger partial charge in [-0.15, -0.1) is 0 Å². The summed E-state index contributed by atoms with van der Waals surface area (Å²) < 4.78 is 69.5. The largest absolute Gasteiger partial charge is 0.416 e. The van der Waals surface area contributed by atoms with Crippen LogP contribution in [0, 0.1) is 6.92 Å². The Bertz CT molecular complexity index is 1590. The summed E-state index contributed by atoms with van der Waals surface area (Å²) in [6, 6.07) is 13.0. The van der Waals surface area contributed by atoms with E-state index in [2.05, 4.69) is 5.32 Å². The van der Waals surface area contributed by atoms with Crippen LogP contribution in [-0.4, -0.2) is 43.3 Å². The van der Waals surface area contributed by atoms with Crippen LogP contribution in [0.15, 0.2) is 71.6 Å². The maximum Gasteiger partial charge on any atom is 0.416 e. The minimum atomic E-state index is -4.77. The van der Waals surface area contributed by atoms with Gasteiger partial charge in [0.25, 0.3) is 10.0 Å². The van der Waals surface area contributed by atoms with Crippen LogP contribution in [0.3, 0.4) is 0 Å². The molecule has 0 unspecified atom stereocenters. The number of benzene rings is 3. The molecule has 0 aliphatic carbocycles. The molecule has 0 aliphatic heterocycles. The van der Waals surface area contributed by atoms with E-state index < -0.39 is 51.7 Å². The van der Waals surface area contributed by atoms with E-state index in [1.54, 1.807) is 52.8 Å². The number of nitrogens with zero attached hydrogens (tertiary/aromatic N) is 2. The molecule has 238 valence electrons. The standard InChI is InChI=1S/C31H34Cl2F3N3O4S/c1-6-27(29(41)37-30(3,4)5)38(18-24-25(32)11-8-12-26(24)33)28(40)19-39(22-10-7-9-21(17-22)31(34,35)36)44(42,43)23-15-13-20(2)14-16-23/h7-17,27H,6,18-19H2,1-5H3,(H,37,41)/t27-/m1/s1. The summed E-state index contributed by atoms with van der Waals surface area (Å²) >= 11 is 12.8. The van der Waals surface area contributed by atoms with Gasteiger partial charge in [-0.05, 0) is 76.6 Å². The van der Waals surface area contributed by atoms with E-state index in [4.69, 9.17) is 23.2 Å². The normalized spacial score (nSPS) is 12.9. The molecular weight excluding hydrogens is 638 g/mol. The van der Waals surface area contributed by atoms with Crippen molar-refractivity contribution < 1.29 is 31.2 Å². The van der Waals surface area contributed by atoms with Crippen LogP contribution >= 0.6 is 23.2 Å². The molecule has 3 aromatic carbocycles. The fraction of sp³-hybridized carbons (Fsp3) is 0.355. The molecular formula is C31H34Cl2F3N3O4S. The molecule has 7 nitrogen and oxygen atoms in total. The van der Waals surface area contributed by atoms with Crippen molar-refractivity contribution in [2.45, 2.75) is 70.2 Å². The highest BCUT2D eigenvalue weighted by Crippen LogP contribution is 2.34. The van der Waals surface area contributed by atoms with Gasteiger partial charge in [0.2, 0.25) is 11.8 Å². The number of hydrogen-bond acceptors (Lipinski definition) is 4. The van der Waals surface area contributed by atoms with E-state index in [-0.39, 0.29) is 33.6 Å². The summed E-state index contributed by atoms with van der Waals surface area (Å²) in [7, 11) is -4.57. The Balaban J connectivity index is 2.17. The molecule has 0 radical (unpaired) electrons. The van der Waals surface area contributed by atoms with E-state index in [0.717, 1.165) is 22.6 Å². The van der Waals surface area contributed by atoms with Crippen LogP contribution in [0.5, 0.6) is 0 Å². The third-order valence-electron chi connectivity index (χ3n) is 6.62. The Labute approximate surface area is 266 Å². The number of halogens is 5. The van der Waals surface area contributed by atoms with Gasteiger partial charge in [-0.3, -0.25) is 13.9 Å². The second-order valence-corrected chi connectivity index (χ2v) is 13.9. The molecule has 2 amide bonds. The average molecular weight is 673 g/mol. The third kappa shape index (κ3) is 8.67. The number of rotatable bonds is 10. The van der Waals surface area contributed by atoms with Crippen LogP contribution < -0.4 is 9.62 Å². The first kappa shape index (κ1) is 35.2. The number of carbonyl (C=O) groups is 2. The van der Waals surface area contributed by atoms with Gasteiger partial charge in [-0.1, -0.05) is 60.0 Å². The van der Waals surface area contributed by atoms with Gasteiger partial charge < -0.3 is 10.2 Å². The molecule has 13 heteroatoms. The molecule has 1 N–H and O–H groups in total. The molecule has 44 heavy (non-hydrogen) atoms. The third-order valence-corrected chi connectivity index (χ3v) is 9.12. The Morgan fingerprint density at radius 2 is 1.50 bits per heavy atom. The molecule has 3 rings (SSSR count).